The van der Waals surface area contributed by atoms with Crippen molar-refractivity contribution in [2.24, 2.45) is 0 Å². The molecule has 1 aromatic rings. The van der Waals surface area contributed by atoms with Gasteiger partial charge >= 0.3 is 0 Å². The minimum atomic E-state index is -0.253. The largest absolute Gasteiger partial charge is 0.375 e. The molecule has 2 atom stereocenters. The van der Waals surface area contributed by atoms with Gasteiger partial charge in [0, 0.05) is 17.8 Å². The van der Waals surface area contributed by atoms with Crippen molar-refractivity contribution in [3.63, 3.8) is 0 Å². The molecule has 2 N–H and O–H groups in total. The van der Waals surface area contributed by atoms with E-state index in [0.717, 1.165) is 11.6 Å². The molecule has 0 spiro atoms. The summed E-state index contributed by atoms with van der Waals surface area (Å²) in [4.78, 5) is 16.6. The van der Waals surface area contributed by atoms with E-state index in [4.69, 9.17) is 4.74 Å². The number of thiazole rings is 1. The number of carbonyl (C=O) groups excluding carboxylic acids is 1. The van der Waals surface area contributed by atoms with E-state index in [1.54, 1.807) is 11.3 Å². The molecular weight excluding hydrogens is 262 g/mol. The number of aromatic nitrogens is 1. The van der Waals surface area contributed by atoms with Crippen LogP contribution < -0.4 is 10.6 Å². The Hall–Kier alpha value is -0.980. The Kier molecular flexibility index (Phi) is 3.81. The maximum atomic E-state index is 12.1. The molecule has 0 unspecified atom stereocenters. The summed E-state index contributed by atoms with van der Waals surface area (Å²) in [5.74, 6) is 0.671. The second-order valence-electron chi connectivity index (χ2n) is 5.17. The smallest absolute Gasteiger partial charge is 0.240 e. The van der Waals surface area contributed by atoms with Crippen LogP contribution in [0.5, 0.6) is 0 Å². The molecule has 1 saturated carbocycles. The van der Waals surface area contributed by atoms with Crippen LogP contribution in [0.25, 0.3) is 0 Å². The van der Waals surface area contributed by atoms with E-state index in [9.17, 15) is 4.79 Å². The van der Waals surface area contributed by atoms with E-state index in [1.165, 1.54) is 18.5 Å². The lowest BCUT2D eigenvalue weighted by Crippen LogP contribution is -2.55. The molecule has 0 bridgehead atoms. The molecule has 1 saturated heterocycles. The van der Waals surface area contributed by atoms with Gasteiger partial charge < -0.3 is 15.4 Å². The van der Waals surface area contributed by atoms with Gasteiger partial charge in [-0.05, 0) is 19.8 Å². The monoisotopic (exact) mass is 281 g/mol. The predicted octanol–water partition coefficient (Wildman–Crippen LogP) is 1.01. The minimum absolute atomic E-state index is 0.00429. The fourth-order valence-corrected chi connectivity index (χ4v) is 3.09. The normalized spacial score (nSPS) is 27.2. The summed E-state index contributed by atoms with van der Waals surface area (Å²) >= 11 is 1.63. The van der Waals surface area contributed by atoms with E-state index in [-0.39, 0.29) is 18.1 Å². The highest BCUT2D eigenvalue weighted by Gasteiger charge is 2.29. The van der Waals surface area contributed by atoms with Crippen LogP contribution in [0.15, 0.2) is 5.38 Å². The molecular formula is C13H19N3O2S. The van der Waals surface area contributed by atoms with Gasteiger partial charge in [-0.3, -0.25) is 4.79 Å². The molecule has 1 amide bonds. The number of nitrogens with one attached hydrogen (secondary N) is 2. The number of nitrogens with zero attached hydrogens (tertiary/aromatic N) is 1. The number of amides is 1. The van der Waals surface area contributed by atoms with Gasteiger partial charge in [-0.1, -0.05) is 0 Å². The molecule has 2 aliphatic rings. The molecule has 6 heteroatoms. The molecule has 5 nitrogen and oxygen atoms in total. The molecule has 104 valence electrons. The van der Waals surface area contributed by atoms with Crippen molar-refractivity contribution in [2.45, 2.75) is 44.4 Å². The Balaban J connectivity index is 1.51. The first-order chi connectivity index (χ1) is 9.24. The van der Waals surface area contributed by atoms with E-state index in [1.807, 2.05) is 6.92 Å². The van der Waals surface area contributed by atoms with Gasteiger partial charge in [0.05, 0.1) is 24.9 Å². The van der Waals surface area contributed by atoms with Gasteiger partial charge in [0.1, 0.15) is 11.0 Å². The topological polar surface area (TPSA) is 63.2 Å². The lowest BCUT2D eigenvalue weighted by molar-refractivity contribution is -0.129. The number of hydrogen-bond acceptors (Lipinski definition) is 5. The van der Waals surface area contributed by atoms with Crippen molar-refractivity contribution >= 4 is 17.2 Å². The Morgan fingerprint density at radius 2 is 2.47 bits per heavy atom. The zero-order valence-electron chi connectivity index (χ0n) is 11.0. The molecule has 1 aliphatic heterocycles. The third-order valence-electron chi connectivity index (χ3n) is 3.58. The van der Waals surface area contributed by atoms with Crippen molar-refractivity contribution in [3.8, 4) is 0 Å². The molecule has 1 aliphatic carbocycles. The van der Waals surface area contributed by atoms with Crippen LogP contribution in [0.4, 0.5) is 0 Å². The molecule has 0 radical (unpaired) electrons. The van der Waals surface area contributed by atoms with Gasteiger partial charge in [0.15, 0.2) is 0 Å². The van der Waals surface area contributed by atoms with Crippen LogP contribution in [0.1, 0.15) is 36.4 Å². The van der Waals surface area contributed by atoms with Gasteiger partial charge in [-0.15, -0.1) is 11.3 Å². The Labute approximate surface area is 116 Å². The predicted molar refractivity (Wildman–Crippen MR) is 73.1 cm³/mol. The summed E-state index contributed by atoms with van der Waals surface area (Å²) in [6.07, 6.45) is 2.44. The average molecular weight is 281 g/mol. The Bertz CT molecular complexity index is 458. The van der Waals surface area contributed by atoms with E-state index < -0.39 is 0 Å². The highest BCUT2D eigenvalue weighted by Crippen LogP contribution is 2.40. The lowest BCUT2D eigenvalue weighted by atomic mass is 10.1. The average Bonchev–Trinajstić information content (AvgIpc) is 3.16. The fourth-order valence-electron chi connectivity index (χ4n) is 2.27. The van der Waals surface area contributed by atoms with Crippen molar-refractivity contribution in [3.05, 3.63) is 16.1 Å². The fraction of sp³-hybridized carbons (Fsp3) is 0.692. The zero-order chi connectivity index (χ0) is 13.2. The summed E-state index contributed by atoms with van der Waals surface area (Å²) in [6, 6.07) is -0.253. The van der Waals surface area contributed by atoms with Crippen LogP contribution in [0, 0.1) is 0 Å². The standard InChI is InChI=1S/C13H19N3O2S/c1-8-12(14-4-5-18-8)13(17)15-6-11-16-10(7-19-11)9-2-3-9/h7-9,12,14H,2-6H2,1H3,(H,15,17)/t8-,12+/m1/s1. The molecule has 1 aromatic heterocycles. The summed E-state index contributed by atoms with van der Waals surface area (Å²) < 4.78 is 5.47. The van der Waals surface area contributed by atoms with Crippen LogP contribution in [-0.2, 0) is 16.1 Å². The van der Waals surface area contributed by atoms with Crippen molar-refractivity contribution in [1.29, 1.82) is 0 Å². The van der Waals surface area contributed by atoms with Gasteiger partial charge in [0.2, 0.25) is 5.91 Å². The molecule has 3 rings (SSSR count). The number of hydrogen-bond donors (Lipinski definition) is 2. The van der Waals surface area contributed by atoms with E-state index in [2.05, 4.69) is 21.0 Å². The van der Waals surface area contributed by atoms with E-state index in [0.29, 0.717) is 19.1 Å². The summed E-state index contributed by atoms with van der Waals surface area (Å²) in [5, 5.41) is 9.22. The lowest BCUT2D eigenvalue weighted by Gasteiger charge is -2.29. The first-order valence-corrected chi connectivity index (χ1v) is 7.69. The van der Waals surface area contributed by atoms with Crippen LogP contribution in [0.3, 0.4) is 0 Å². The van der Waals surface area contributed by atoms with Gasteiger partial charge in [-0.2, -0.15) is 0 Å². The second-order valence-corrected chi connectivity index (χ2v) is 6.11. The second kappa shape index (κ2) is 5.56. The Morgan fingerprint density at radius 1 is 1.63 bits per heavy atom. The highest BCUT2D eigenvalue weighted by molar-refractivity contribution is 7.09. The molecule has 19 heavy (non-hydrogen) atoms. The maximum absolute atomic E-state index is 12.1. The third-order valence-corrected chi connectivity index (χ3v) is 4.44. The quantitative estimate of drug-likeness (QED) is 0.865. The first kappa shape index (κ1) is 13.0. The molecule has 0 aromatic carbocycles. The van der Waals surface area contributed by atoms with Crippen molar-refractivity contribution < 1.29 is 9.53 Å². The molecule has 2 fully saturated rings. The van der Waals surface area contributed by atoms with Gasteiger partial charge in [0.25, 0.3) is 0 Å². The van der Waals surface area contributed by atoms with Crippen LogP contribution >= 0.6 is 11.3 Å². The highest BCUT2D eigenvalue weighted by atomic mass is 32.1. The third kappa shape index (κ3) is 3.13. The maximum Gasteiger partial charge on any atom is 0.240 e. The summed E-state index contributed by atoms with van der Waals surface area (Å²) in [7, 11) is 0. The van der Waals surface area contributed by atoms with E-state index >= 15 is 0 Å². The first-order valence-electron chi connectivity index (χ1n) is 6.81. The number of rotatable bonds is 4. The number of carbonyl (C=O) groups is 1. The van der Waals surface area contributed by atoms with Gasteiger partial charge in [-0.25, -0.2) is 4.98 Å². The number of ether oxygens (including phenoxy) is 1. The Morgan fingerprint density at radius 3 is 3.21 bits per heavy atom. The summed E-state index contributed by atoms with van der Waals surface area (Å²) in [5.41, 5.74) is 1.20. The van der Waals surface area contributed by atoms with Crippen LogP contribution in [0.2, 0.25) is 0 Å². The summed E-state index contributed by atoms with van der Waals surface area (Å²) in [6.45, 7) is 3.83. The SMILES string of the molecule is C[C@H]1OCCN[C@@H]1C(=O)NCc1nc(C2CC2)cs1. The molecule has 2 heterocycles. The van der Waals surface area contributed by atoms with Crippen LogP contribution in [-0.4, -0.2) is 36.2 Å². The van der Waals surface area contributed by atoms with Crippen molar-refractivity contribution in [1.82, 2.24) is 15.6 Å². The minimum Gasteiger partial charge on any atom is -0.375 e. The number of morpholine rings is 1. The zero-order valence-corrected chi connectivity index (χ0v) is 11.8. The van der Waals surface area contributed by atoms with Crippen molar-refractivity contribution in [2.75, 3.05) is 13.2 Å².